The summed E-state index contributed by atoms with van der Waals surface area (Å²) in [6, 6.07) is 7.24. The zero-order valence-corrected chi connectivity index (χ0v) is 15.0. The molecule has 0 saturated heterocycles. The molecule has 1 aromatic rings. The van der Waals surface area contributed by atoms with Gasteiger partial charge in [0.05, 0.1) is 12.2 Å². The van der Waals surface area contributed by atoms with Crippen LogP contribution in [0, 0.1) is 5.92 Å². The second kappa shape index (κ2) is 9.42. The second-order valence-electron chi connectivity index (χ2n) is 6.73. The van der Waals surface area contributed by atoms with E-state index in [1.165, 1.54) is 0 Å². The lowest BCUT2D eigenvalue weighted by atomic mass is 10.1. The van der Waals surface area contributed by atoms with Gasteiger partial charge in [-0.1, -0.05) is 12.1 Å². The Morgan fingerprint density at radius 1 is 1.28 bits per heavy atom. The molecule has 6 heteroatoms. The fourth-order valence-electron chi connectivity index (χ4n) is 2.43. The number of aliphatic hydroxyl groups is 1. The first-order chi connectivity index (χ1) is 12.0. The Morgan fingerprint density at radius 3 is 2.72 bits per heavy atom. The number of rotatable bonds is 10. The van der Waals surface area contributed by atoms with E-state index in [4.69, 9.17) is 4.74 Å². The molecule has 1 atom stereocenters. The topological polar surface area (TPSA) is 87.7 Å². The molecule has 0 bridgehead atoms. The molecule has 2 amide bonds. The number of ether oxygens (including phenoxy) is 1. The van der Waals surface area contributed by atoms with Gasteiger partial charge in [-0.2, -0.15) is 0 Å². The predicted octanol–water partition coefficient (Wildman–Crippen LogP) is 1.93. The van der Waals surface area contributed by atoms with Gasteiger partial charge in [0.25, 0.3) is 0 Å². The van der Waals surface area contributed by atoms with Crippen molar-refractivity contribution >= 4 is 11.8 Å². The Labute approximate surface area is 149 Å². The van der Waals surface area contributed by atoms with E-state index in [0.717, 1.165) is 12.8 Å². The summed E-state index contributed by atoms with van der Waals surface area (Å²) in [6.07, 6.45) is 2.16. The van der Waals surface area contributed by atoms with Crippen molar-refractivity contribution in [2.75, 3.05) is 13.1 Å². The van der Waals surface area contributed by atoms with Crippen LogP contribution >= 0.6 is 0 Å². The highest BCUT2D eigenvalue weighted by molar-refractivity contribution is 5.81. The van der Waals surface area contributed by atoms with E-state index in [-0.39, 0.29) is 30.4 Å². The van der Waals surface area contributed by atoms with E-state index in [2.05, 4.69) is 10.6 Å². The average Bonchev–Trinajstić information content (AvgIpc) is 3.41. The van der Waals surface area contributed by atoms with Crippen LogP contribution in [0.2, 0.25) is 0 Å². The van der Waals surface area contributed by atoms with Crippen LogP contribution < -0.4 is 15.4 Å². The number of nitrogens with one attached hydrogen (secondary N) is 2. The summed E-state index contributed by atoms with van der Waals surface area (Å²) in [5.74, 6) is 0.859. The lowest BCUT2D eigenvalue weighted by molar-refractivity contribution is -0.123. The Balaban J connectivity index is 1.65. The monoisotopic (exact) mass is 348 g/mol. The molecule has 1 aliphatic rings. The number of aliphatic hydroxyl groups excluding tert-OH is 1. The second-order valence-corrected chi connectivity index (χ2v) is 6.73. The van der Waals surface area contributed by atoms with Gasteiger partial charge in [0, 0.05) is 25.4 Å². The Hall–Kier alpha value is -2.08. The first-order valence-corrected chi connectivity index (χ1v) is 8.95. The van der Waals surface area contributed by atoms with Gasteiger partial charge in [-0.15, -0.1) is 0 Å². The molecule has 138 valence electrons. The van der Waals surface area contributed by atoms with Crippen molar-refractivity contribution in [3.8, 4) is 5.75 Å². The minimum absolute atomic E-state index is 0.0625. The molecular formula is C19H28N2O4. The summed E-state index contributed by atoms with van der Waals surface area (Å²) in [5.41, 5.74) is 0.704. The molecule has 0 spiro atoms. The van der Waals surface area contributed by atoms with E-state index in [1.54, 1.807) is 12.1 Å². The van der Waals surface area contributed by atoms with Crippen LogP contribution in [0.4, 0.5) is 0 Å². The van der Waals surface area contributed by atoms with Crippen molar-refractivity contribution in [3.05, 3.63) is 29.8 Å². The summed E-state index contributed by atoms with van der Waals surface area (Å²) < 4.78 is 5.60. The smallest absolute Gasteiger partial charge is 0.223 e. The van der Waals surface area contributed by atoms with Gasteiger partial charge in [-0.05, 0) is 50.8 Å². The average molecular weight is 348 g/mol. The minimum Gasteiger partial charge on any atom is -0.491 e. The predicted molar refractivity (Wildman–Crippen MR) is 95.1 cm³/mol. The third kappa shape index (κ3) is 7.13. The van der Waals surface area contributed by atoms with Crippen molar-refractivity contribution < 1.29 is 19.4 Å². The molecule has 0 aromatic heterocycles. The molecule has 1 aliphatic carbocycles. The van der Waals surface area contributed by atoms with Crippen LogP contribution in [0.1, 0.15) is 51.2 Å². The quantitative estimate of drug-likeness (QED) is 0.564. The van der Waals surface area contributed by atoms with Gasteiger partial charge in [-0.25, -0.2) is 0 Å². The molecular weight excluding hydrogens is 320 g/mol. The summed E-state index contributed by atoms with van der Waals surface area (Å²) in [4.78, 5) is 23.3. The molecule has 6 nitrogen and oxygen atoms in total. The number of amides is 2. The van der Waals surface area contributed by atoms with Gasteiger partial charge in [0.1, 0.15) is 5.75 Å². The molecule has 0 radical (unpaired) electrons. The highest BCUT2D eigenvalue weighted by atomic mass is 16.5. The molecule has 1 unspecified atom stereocenters. The Morgan fingerprint density at radius 2 is 2.04 bits per heavy atom. The molecule has 1 saturated carbocycles. The molecule has 3 N–H and O–H groups in total. The van der Waals surface area contributed by atoms with Crippen molar-refractivity contribution in [2.45, 2.75) is 51.7 Å². The number of benzene rings is 1. The van der Waals surface area contributed by atoms with E-state index < -0.39 is 6.10 Å². The standard InChI is InChI=1S/C19H28N2O4/c1-13(2)25-16-6-3-5-15(11-16)17(22)12-21-18(23)7-4-10-20-19(24)14-8-9-14/h3,5-6,11,13-14,17,22H,4,7-10,12H2,1-2H3,(H,20,24)(H,21,23). The van der Waals surface area contributed by atoms with Crippen LogP contribution in [0.5, 0.6) is 5.75 Å². The maximum atomic E-state index is 11.8. The van der Waals surface area contributed by atoms with Gasteiger partial charge >= 0.3 is 0 Å². The zero-order chi connectivity index (χ0) is 18.2. The van der Waals surface area contributed by atoms with E-state index in [9.17, 15) is 14.7 Å². The fraction of sp³-hybridized carbons (Fsp3) is 0.579. The molecule has 0 aliphatic heterocycles. The van der Waals surface area contributed by atoms with E-state index in [0.29, 0.717) is 30.7 Å². The highest BCUT2D eigenvalue weighted by Crippen LogP contribution is 2.28. The van der Waals surface area contributed by atoms with Crippen LogP contribution in [-0.4, -0.2) is 36.1 Å². The molecule has 0 heterocycles. The fourth-order valence-corrected chi connectivity index (χ4v) is 2.43. The highest BCUT2D eigenvalue weighted by Gasteiger charge is 2.28. The van der Waals surface area contributed by atoms with Gasteiger partial charge in [-0.3, -0.25) is 9.59 Å². The third-order valence-corrected chi connectivity index (χ3v) is 3.94. The lowest BCUT2D eigenvalue weighted by Gasteiger charge is -2.15. The maximum absolute atomic E-state index is 11.8. The van der Waals surface area contributed by atoms with Crippen molar-refractivity contribution in [2.24, 2.45) is 5.92 Å². The zero-order valence-electron chi connectivity index (χ0n) is 15.0. The normalized spacial score (nSPS) is 14.9. The molecule has 2 rings (SSSR count). The van der Waals surface area contributed by atoms with Crippen LogP contribution in [0.15, 0.2) is 24.3 Å². The van der Waals surface area contributed by atoms with Gasteiger partial charge in [0.15, 0.2) is 0 Å². The summed E-state index contributed by atoms with van der Waals surface area (Å²) in [7, 11) is 0. The minimum atomic E-state index is -0.783. The van der Waals surface area contributed by atoms with E-state index >= 15 is 0 Å². The molecule has 1 fully saturated rings. The Bertz CT molecular complexity index is 585. The summed E-state index contributed by atoms with van der Waals surface area (Å²) in [5, 5.41) is 15.8. The first-order valence-electron chi connectivity index (χ1n) is 8.95. The number of hydrogen-bond acceptors (Lipinski definition) is 4. The SMILES string of the molecule is CC(C)Oc1cccc(C(O)CNC(=O)CCCNC(=O)C2CC2)c1. The number of hydrogen-bond donors (Lipinski definition) is 3. The first kappa shape index (κ1) is 19.2. The lowest BCUT2D eigenvalue weighted by Crippen LogP contribution is -2.30. The maximum Gasteiger partial charge on any atom is 0.223 e. The van der Waals surface area contributed by atoms with Crippen LogP contribution in [0.3, 0.4) is 0 Å². The molecule has 25 heavy (non-hydrogen) atoms. The van der Waals surface area contributed by atoms with Gasteiger partial charge in [0.2, 0.25) is 11.8 Å². The number of carbonyl (C=O) groups is 2. The van der Waals surface area contributed by atoms with E-state index in [1.807, 2.05) is 26.0 Å². The number of carbonyl (C=O) groups excluding carboxylic acids is 2. The van der Waals surface area contributed by atoms with Gasteiger partial charge < -0.3 is 20.5 Å². The third-order valence-electron chi connectivity index (χ3n) is 3.94. The van der Waals surface area contributed by atoms with Crippen molar-refractivity contribution in [1.29, 1.82) is 0 Å². The van der Waals surface area contributed by atoms with Crippen molar-refractivity contribution in [3.63, 3.8) is 0 Å². The molecule has 1 aromatic carbocycles. The largest absolute Gasteiger partial charge is 0.491 e. The summed E-state index contributed by atoms with van der Waals surface area (Å²) in [6.45, 7) is 4.55. The Kier molecular flexibility index (Phi) is 7.25. The summed E-state index contributed by atoms with van der Waals surface area (Å²) >= 11 is 0. The van der Waals surface area contributed by atoms with Crippen LogP contribution in [-0.2, 0) is 9.59 Å². The van der Waals surface area contributed by atoms with Crippen LogP contribution in [0.25, 0.3) is 0 Å². The van der Waals surface area contributed by atoms with Crippen molar-refractivity contribution in [1.82, 2.24) is 10.6 Å².